The first-order valence-electron chi connectivity index (χ1n) is 8.41. The second kappa shape index (κ2) is 6.91. The number of hydrogen-bond donors (Lipinski definition) is 0. The summed E-state index contributed by atoms with van der Waals surface area (Å²) in [5, 5.41) is 0. The molecule has 6 heteroatoms. The van der Waals surface area contributed by atoms with Crippen LogP contribution in [-0.4, -0.2) is 54.6 Å². The van der Waals surface area contributed by atoms with Crippen LogP contribution in [0.5, 0.6) is 0 Å². The van der Waals surface area contributed by atoms with Crippen molar-refractivity contribution in [1.82, 2.24) is 9.80 Å². The Morgan fingerprint density at radius 1 is 1.26 bits per heavy atom. The van der Waals surface area contributed by atoms with Crippen LogP contribution in [0, 0.1) is 5.92 Å². The van der Waals surface area contributed by atoms with E-state index in [2.05, 4.69) is 13.0 Å². The minimum Gasteiger partial charge on any atom is -0.450 e. The Hall–Kier alpha value is -1.56. The molecule has 2 heterocycles. The number of amides is 2. The molecule has 2 amide bonds. The summed E-state index contributed by atoms with van der Waals surface area (Å²) in [4.78, 5) is 30.2. The first kappa shape index (κ1) is 16.3. The van der Waals surface area contributed by atoms with Gasteiger partial charge in [-0.05, 0) is 43.7 Å². The van der Waals surface area contributed by atoms with Gasteiger partial charge < -0.3 is 14.5 Å². The molecule has 23 heavy (non-hydrogen) atoms. The van der Waals surface area contributed by atoms with Crippen molar-refractivity contribution in [3.05, 3.63) is 21.4 Å². The molecule has 1 saturated heterocycles. The normalized spacial score (nSPS) is 21.0. The van der Waals surface area contributed by atoms with E-state index in [9.17, 15) is 9.59 Å². The molecule has 1 fully saturated rings. The number of thiophene rings is 1. The standard InChI is InChI=1S/C17H24N2O3S/c1-3-22-17(21)19-8-6-18(7-9-19)16(20)15-11-13-10-12(2)4-5-14(13)23-15/h11-12H,3-10H2,1-2H3. The first-order valence-corrected chi connectivity index (χ1v) is 9.22. The van der Waals surface area contributed by atoms with E-state index >= 15 is 0 Å². The highest BCUT2D eigenvalue weighted by Gasteiger charge is 2.28. The van der Waals surface area contributed by atoms with Crippen LogP contribution in [0.2, 0.25) is 0 Å². The lowest BCUT2D eigenvalue weighted by molar-refractivity contribution is 0.0574. The number of carbonyl (C=O) groups excluding carboxylic acids is 2. The molecule has 0 bridgehead atoms. The van der Waals surface area contributed by atoms with Crippen molar-refractivity contribution >= 4 is 23.3 Å². The summed E-state index contributed by atoms with van der Waals surface area (Å²) in [7, 11) is 0. The third kappa shape index (κ3) is 3.52. The quantitative estimate of drug-likeness (QED) is 0.834. The van der Waals surface area contributed by atoms with Crippen molar-refractivity contribution in [3.63, 3.8) is 0 Å². The Morgan fingerprint density at radius 2 is 1.96 bits per heavy atom. The number of hydrogen-bond acceptors (Lipinski definition) is 4. The Balaban J connectivity index is 1.61. The fraction of sp³-hybridized carbons (Fsp3) is 0.647. The Kier molecular flexibility index (Phi) is 4.90. The topological polar surface area (TPSA) is 49.9 Å². The molecule has 0 spiro atoms. The van der Waals surface area contributed by atoms with Gasteiger partial charge in [-0.25, -0.2) is 4.79 Å². The van der Waals surface area contributed by atoms with Gasteiger partial charge in [-0.15, -0.1) is 11.3 Å². The smallest absolute Gasteiger partial charge is 0.409 e. The van der Waals surface area contributed by atoms with Crippen LogP contribution < -0.4 is 0 Å². The molecule has 3 rings (SSSR count). The van der Waals surface area contributed by atoms with Crippen LogP contribution >= 0.6 is 11.3 Å². The summed E-state index contributed by atoms with van der Waals surface area (Å²) in [5.41, 5.74) is 1.36. The van der Waals surface area contributed by atoms with Gasteiger partial charge >= 0.3 is 6.09 Å². The van der Waals surface area contributed by atoms with E-state index in [0.29, 0.717) is 38.7 Å². The molecule has 0 aromatic carbocycles. The second-order valence-electron chi connectivity index (χ2n) is 6.39. The van der Waals surface area contributed by atoms with E-state index in [1.807, 2.05) is 4.90 Å². The van der Waals surface area contributed by atoms with Crippen molar-refractivity contribution < 1.29 is 14.3 Å². The molecule has 0 N–H and O–H groups in total. The number of aryl methyl sites for hydroxylation is 1. The molecule has 1 unspecified atom stereocenters. The van der Waals surface area contributed by atoms with E-state index in [1.165, 1.54) is 16.9 Å². The summed E-state index contributed by atoms with van der Waals surface area (Å²) in [6.07, 6.45) is 3.14. The van der Waals surface area contributed by atoms with Crippen LogP contribution in [0.4, 0.5) is 4.79 Å². The van der Waals surface area contributed by atoms with Gasteiger partial charge in [0, 0.05) is 31.1 Å². The van der Waals surface area contributed by atoms with Crippen molar-refractivity contribution in [2.75, 3.05) is 32.8 Å². The summed E-state index contributed by atoms with van der Waals surface area (Å²) < 4.78 is 5.01. The zero-order chi connectivity index (χ0) is 16.4. The van der Waals surface area contributed by atoms with Crippen LogP contribution in [0.1, 0.15) is 40.4 Å². The largest absolute Gasteiger partial charge is 0.450 e. The fourth-order valence-corrected chi connectivity index (χ4v) is 4.45. The summed E-state index contributed by atoms with van der Waals surface area (Å²) in [5.74, 6) is 0.828. The molecule has 1 aromatic rings. The highest BCUT2D eigenvalue weighted by Crippen LogP contribution is 2.32. The SMILES string of the molecule is CCOC(=O)N1CCN(C(=O)c2cc3c(s2)CCC(C)C3)CC1. The molecule has 0 saturated carbocycles. The zero-order valence-electron chi connectivity index (χ0n) is 13.8. The molecule has 1 atom stereocenters. The van der Waals surface area contributed by atoms with Crippen molar-refractivity contribution in [2.45, 2.75) is 33.1 Å². The van der Waals surface area contributed by atoms with Crippen molar-refractivity contribution in [1.29, 1.82) is 0 Å². The molecular formula is C17H24N2O3S. The van der Waals surface area contributed by atoms with E-state index in [0.717, 1.165) is 17.7 Å². The average Bonchev–Trinajstić information content (AvgIpc) is 2.97. The van der Waals surface area contributed by atoms with Crippen LogP contribution in [0.25, 0.3) is 0 Å². The minimum atomic E-state index is -0.278. The highest BCUT2D eigenvalue weighted by molar-refractivity contribution is 7.14. The van der Waals surface area contributed by atoms with Crippen LogP contribution in [0.15, 0.2) is 6.07 Å². The molecule has 126 valence electrons. The van der Waals surface area contributed by atoms with Gasteiger partial charge in [0.15, 0.2) is 0 Å². The summed E-state index contributed by atoms with van der Waals surface area (Å²) in [6, 6.07) is 2.09. The maximum absolute atomic E-state index is 12.7. The Bertz CT molecular complexity index is 591. The van der Waals surface area contributed by atoms with Crippen molar-refractivity contribution in [2.24, 2.45) is 5.92 Å². The lowest BCUT2D eigenvalue weighted by atomic mass is 9.90. The molecule has 1 aliphatic carbocycles. The van der Waals surface area contributed by atoms with Gasteiger partial charge in [0.25, 0.3) is 5.91 Å². The van der Waals surface area contributed by atoms with E-state index in [1.54, 1.807) is 23.2 Å². The maximum atomic E-state index is 12.7. The number of nitrogens with zero attached hydrogens (tertiary/aromatic N) is 2. The number of fused-ring (bicyclic) bond motifs is 1. The first-order chi connectivity index (χ1) is 11.1. The lowest BCUT2D eigenvalue weighted by Gasteiger charge is -2.33. The Labute approximate surface area is 141 Å². The van der Waals surface area contributed by atoms with Gasteiger partial charge in [0.2, 0.25) is 0 Å². The van der Waals surface area contributed by atoms with E-state index in [4.69, 9.17) is 4.74 Å². The number of carbonyl (C=O) groups is 2. The number of rotatable bonds is 2. The maximum Gasteiger partial charge on any atom is 0.409 e. The molecule has 5 nitrogen and oxygen atoms in total. The fourth-order valence-electron chi connectivity index (χ4n) is 3.27. The number of ether oxygens (including phenoxy) is 1. The highest BCUT2D eigenvalue weighted by atomic mass is 32.1. The third-order valence-electron chi connectivity index (χ3n) is 4.63. The number of piperazine rings is 1. The lowest BCUT2D eigenvalue weighted by Crippen LogP contribution is -2.50. The average molecular weight is 336 g/mol. The predicted molar refractivity (Wildman–Crippen MR) is 90.0 cm³/mol. The molecule has 1 aromatic heterocycles. The summed E-state index contributed by atoms with van der Waals surface area (Å²) >= 11 is 1.66. The molecule has 2 aliphatic rings. The van der Waals surface area contributed by atoms with Gasteiger partial charge in [-0.3, -0.25) is 4.79 Å². The molecular weight excluding hydrogens is 312 g/mol. The van der Waals surface area contributed by atoms with E-state index < -0.39 is 0 Å². The minimum absolute atomic E-state index is 0.112. The zero-order valence-corrected chi connectivity index (χ0v) is 14.7. The monoisotopic (exact) mass is 336 g/mol. The summed E-state index contributed by atoms with van der Waals surface area (Å²) in [6.45, 7) is 6.72. The van der Waals surface area contributed by atoms with E-state index in [-0.39, 0.29) is 12.0 Å². The third-order valence-corrected chi connectivity index (χ3v) is 5.86. The van der Waals surface area contributed by atoms with Gasteiger partial charge in [0.1, 0.15) is 0 Å². The van der Waals surface area contributed by atoms with Crippen LogP contribution in [-0.2, 0) is 17.6 Å². The van der Waals surface area contributed by atoms with Gasteiger partial charge in [0.05, 0.1) is 11.5 Å². The van der Waals surface area contributed by atoms with Gasteiger partial charge in [-0.1, -0.05) is 6.92 Å². The van der Waals surface area contributed by atoms with Gasteiger partial charge in [-0.2, -0.15) is 0 Å². The molecule has 1 aliphatic heterocycles. The van der Waals surface area contributed by atoms with Crippen LogP contribution in [0.3, 0.4) is 0 Å². The molecule has 0 radical (unpaired) electrons. The Morgan fingerprint density at radius 3 is 2.65 bits per heavy atom. The van der Waals surface area contributed by atoms with Crippen molar-refractivity contribution in [3.8, 4) is 0 Å². The predicted octanol–water partition coefficient (Wildman–Crippen LogP) is 2.79. The second-order valence-corrected chi connectivity index (χ2v) is 7.52.